The van der Waals surface area contributed by atoms with Gasteiger partial charge in [-0.25, -0.2) is 0 Å². The van der Waals surface area contributed by atoms with Crippen molar-refractivity contribution in [2.75, 3.05) is 20.6 Å². The number of hydrogen-bond acceptors (Lipinski definition) is 4. The first-order chi connectivity index (χ1) is 8.75. The highest BCUT2D eigenvalue weighted by Crippen LogP contribution is 2.14. The second kappa shape index (κ2) is 6.18. The van der Waals surface area contributed by atoms with Crippen LogP contribution in [0.25, 0.3) is 0 Å². The van der Waals surface area contributed by atoms with Crippen LogP contribution in [0.1, 0.15) is 17.7 Å². The van der Waals surface area contributed by atoms with Crippen molar-refractivity contribution in [2.45, 2.75) is 19.9 Å². The van der Waals surface area contributed by atoms with Gasteiger partial charge in [-0.05, 0) is 13.0 Å². The summed E-state index contributed by atoms with van der Waals surface area (Å²) >= 11 is 0. The number of furan rings is 1. The molecule has 0 radical (unpaired) electrons. The average molecular weight is 290 g/mol. The first kappa shape index (κ1) is 15.7. The monoisotopic (exact) mass is 290 g/mol. The van der Waals surface area contributed by atoms with Crippen molar-refractivity contribution in [3.8, 4) is 0 Å². The van der Waals surface area contributed by atoms with Crippen LogP contribution in [0.15, 0.2) is 16.7 Å². The van der Waals surface area contributed by atoms with Crippen LogP contribution in [0.2, 0.25) is 0 Å². The van der Waals surface area contributed by atoms with Crippen LogP contribution < -0.4 is 0 Å². The molecule has 0 amide bonds. The van der Waals surface area contributed by atoms with Crippen LogP contribution in [-0.2, 0) is 21.5 Å². The smallest absolute Gasteiger partial charge is 0.304 e. The van der Waals surface area contributed by atoms with Crippen LogP contribution in [0.3, 0.4) is 0 Å². The molecular weight excluding hydrogens is 272 g/mol. The van der Waals surface area contributed by atoms with Gasteiger partial charge in [0.15, 0.2) is 0 Å². The minimum Gasteiger partial charge on any atom is -0.481 e. The fourth-order valence-electron chi connectivity index (χ4n) is 1.50. The molecule has 7 nitrogen and oxygen atoms in total. The molecule has 0 atom stereocenters. The Balaban J connectivity index is 2.71. The Hall–Kier alpha value is -1.38. The molecule has 1 aromatic rings. The maximum Gasteiger partial charge on any atom is 0.304 e. The first-order valence-electron chi connectivity index (χ1n) is 5.67. The van der Waals surface area contributed by atoms with Gasteiger partial charge in [0, 0.05) is 32.7 Å². The number of nitrogens with zero attached hydrogens (tertiary/aromatic N) is 2. The molecule has 0 bridgehead atoms. The molecule has 1 N–H and O–H groups in total. The lowest BCUT2D eigenvalue weighted by Gasteiger charge is -2.23. The Morgan fingerprint density at radius 1 is 1.37 bits per heavy atom. The van der Waals surface area contributed by atoms with Gasteiger partial charge in [0.25, 0.3) is 10.2 Å². The largest absolute Gasteiger partial charge is 0.481 e. The number of aliphatic carboxylic acids is 1. The van der Waals surface area contributed by atoms with Gasteiger partial charge in [-0.15, -0.1) is 0 Å². The lowest BCUT2D eigenvalue weighted by molar-refractivity contribution is -0.137. The zero-order chi connectivity index (χ0) is 14.6. The van der Waals surface area contributed by atoms with Gasteiger partial charge in [0.05, 0.1) is 12.7 Å². The van der Waals surface area contributed by atoms with Crippen molar-refractivity contribution in [2.24, 2.45) is 0 Å². The van der Waals surface area contributed by atoms with Gasteiger partial charge >= 0.3 is 5.97 Å². The summed E-state index contributed by atoms with van der Waals surface area (Å²) in [5.74, 6) is -0.370. The lowest BCUT2D eigenvalue weighted by Crippen LogP contribution is -2.40. The van der Waals surface area contributed by atoms with E-state index in [0.29, 0.717) is 5.76 Å². The third-order valence-electron chi connectivity index (χ3n) is 2.79. The molecular formula is C11H18N2O5S. The highest BCUT2D eigenvalue weighted by atomic mass is 32.2. The maximum atomic E-state index is 12.1. The summed E-state index contributed by atoms with van der Waals surface area (Å²) in [6.45, 7) is 1.87. The van der Waals surface area contributed by atoms with E-state index in [9.17, 15) is 13.2 Å². The summed E-state index contributed by atoms with van der Waals surface area (Å²) in [5, 5.41) is 8.56. The molecule has 0 saturated carbocycles. The molecule has 19 heavy (non-hydrogen) atoms. The number of carbonyl (C=O) groups is 1. The fourth-order valence-corrected chi connectivity index (χ4v) is 2.60. The standard InChI is InChI=1S/C11H18N2O5S/c1-9-10(5-7-18-9)8-13(3)19(16,17)12(2)6-4-11(14)15/h5,7H,4,6,8H2,1-3H3,(H,14,15). The number of carboxylic acids is 1. The van der Waals surface area contributed by atoms with Crippen LogP contribution in [0.4, 0.5) is 0 Å². The molecule has 0 aliphatic rings. The van der Waals surface area contributed by atoms with E-state index >= 15 is 0 Å². The minimum atomic E-state index is -3.67. The molecule has 108 valence electrons. The van der Waals surface area contributed by atoms with E-state index in [1.165, 1.54) is 20.4 Å². The summed E-state index contributed by atoms with van der Waals surface area (Å²) < 4.78 is 31.5. The minimum absolute atomic E-state index is 0.0631. The molecule has 0 spiro atoms. The van der Waals surface area contributed by atoms with Crippen molar-refractivity contribution < 1.29 is 22.7 Å². The fraction of sp³-hybridized carbons (Fsp3) is 0.545. The van der Waals surface area contributed by atoms with Crippen molar-refractivity contribution >= 4 is 16.2 Å². The molecule has 0 aliphatic heterocycles. The lowest BCUT2D eigenvalue weighted by atomic mass is 10.3. The topological polar surface area (TPSA) is 91.1 Å². The van der Waals surface area contributed by atoms with E-state index in [1.807, 2.05) is 0 Å². The summed E-state index contributed by atoms with van der Waals surface area (Å²) in [4.78, 5) is 10.5. The summed E-state index contributed by atoms with van der Waals surface area (Å²) in [5.41, 5.74) is 0.776. The van der Waals surface area contributed by atoms with E-state index < -0.39 is 16.2 Å². The summed E-state index contributed by atoms with van der Waals surface area (Å²) in [6.07, 6.45) is 1.27. The predicted octanol–water partition coefficient (Wildman–Crippen LogP) is 0.671. The molecule has 0 unspecified atom stereocenters. The third-order valence-corrected chi connectivity index (χ3v) is 4.67. The predicted molar refractivity (Wildman–Crippen MR) is 68.7 cm³/mol. The second-order valence-electron chi connectivity index (χ2n) is 4.23. The van der Waals surface area contributed by atoms with Crippen molar-refractivity contribution in [3.05, 3.63) is 23.7 Å². The molecule has 0 aliphatic carbocycles. The molecule has 1 heterocycles. The van der Waals surface area contributed by atoms with Crippen LogP contribution in [-0.4, -0.2) is 48.7 Å². The Bertz CT molecular complexity index is 537. The Labute approximate surface area is 112 Å². The number of rotatable bonds is 7. The van der Waals surface area contributed by atoms with Gasteiger partial charge in [-0.3, -0.25) is 4.79 Å². The van der Waals surface area contributed by atoms with Gasteiger partial charge in [0.2, 0.25) is 0 Å². The van der Waals surface area contributed by atoms with Gasteiger partial charge < -0.3 is 9.52 Å². The van der Waals surface area contributed by atoms with Crippen LogP contribution in [0.5, 0.6) is 0 Å². The second-order valence-corrected chi connectivity index (χ2v) is 6.37. The van der Waals surface area contributed by atoms with Crippen molar-refractivity contribution in [3.63, 3.8) is 0 Å². The SMILES string of the molecule is Cc1occc1CN(C)S(=O)(=O)N(C)CCC(=O)O. The molecule has 8 heteroatoms. The highest BCUT2D eigenvalue weighted by molar-refractivity contribution is 7.86. The molecule has 1 aromatic heterocycles. The molecule has 1 rings (SSSR count). The first-order valence-corrected chi connectivity index (χ1v) is 7.07. The number of aryl methyl sites for hydroxylation is 1. The zero-order valence-electron chi connectivity index (χ0n) is 11.2. The number of carboxylic acid groups (broad SMARTS) is 1. The quantitative estimate of drug-likeness (QED) is 0.797. The average Bonchev–Trinajstić information content (AvgIpc) is 2.71. The highest BCUT2D eigenvalue weighted by Gasteiger charge is 2.24. The Morgan fingerprint density at radius 2 is 2.00 bits per heavy atom. The van der Waals surface area contributed by atoms with Crippen molar-refractivity contribution in [1.29, 1.82) is 0 Å². The third kappa shape index (κ3) is 4.05. The van der Waals surface area contributed by atoms with Gasteiger partial charge in [-0.2, -0.15) is 17.0 Å². The molecule has 0 saturated heterocycles. The normalized spacial score (nSPS) is 12.3. The summed E-state index contributed by atoms with van der Waals surface area (Å²) in [7, 11) is -0.864. The van der Waals surface area contributed by atoms with Gasteiger partial charge in [-0.1, -0.05) is 0 Å². The van der Waals surface area contributed by atoms with Crippen LogP contribution >= 0.6 is 0 Å². The Kier molecular flexibility index (Phi) is 5.10. The van der Waals surface area contributed by atoms with E-state index in [-0.39, 0.29) is 19.5 Å². The van der Waals surface area contributed by atoms with Crippen LogP contribution in [0, 0.1) is 6.92 Å². The van der Waals surface area contributed by atoms with E-state index in [1.54, 1.807) is 13.0 Å². The van der Waals surface area contributed by atoms with E-state index in [0.717, 1.165) is 14.2 Å². The van der Waals surface area contributed by atoms with E-state index in [2.05, 4.69) is 0 Å². The molecule has 0 aromatic carbocycles. The zero-order valence-corrected chi connectivity index (χ0v) is 12.0. The number of hydrogen-bond donors (Lipinski definition) is 1. The van der Waals surface area contributed by atoms with E-state index in [4.69, 9.17) is 9.52 Å². The van der Waals surface area contributed by atoms with Gasteiger partial charge in [0.1, 0.15) is 5.76 Å². The maximum absolute atomic E-state index is 12.1. The summed E-state index contributed by atoms with van der Waals surface area (Å²) in [6, 6.07) is 1.71. The molecule has 0 fully saturated rings. The van der Waals surface area contributed by atoms with Crippen molar-refractivity contribution in [1.82, 2.24) is 8.61 Å². The Morgan fingerprint density at radius 3 is 2.47 bits per heavy atom.